The first-order valence-corrected chi connectivity index (χ1v) is 9.32. The predicted molar refractivity (Wildman–Crippen MR) is 95.5 cm³/mol. The third kappa shape index (κ3) is 5.01. The second kappa shape index (κ2) is 8.07. The first-order valence-electron chi connectivity index (χ1n) is 8.53. The van der Waals surface area contributed by atoms with Crippen molar-refractivity contribution in [3.05, 3.63) is 22.8 Å². The van der Waals surface area contributed by atoms with E-state index in [4.69, 9.17) is 0 Å². The number of carbonyl (C=O) groups is 2. The molecule has 1 aromatic heterocycles. The Balaban J connectivity index is 1.39. The number of likely N-dealkylation sites (tertiary alicyclic amines) is 1. The zero-order chi connectivity index (χ0) is 16.9. The summed E-state index contributed by atoms with van der Waals surface area (Å²) in [5.74, 6) is 1.41. The number of halogens is 1. The molecule has 0 bridgehead atoms. The normalized spacial score (nSPS) is 18.5. The summed E-state index contributed by atoms with van der Waals surface area (Å²) in [5.41, 5.74) is 0. The number of amides is 2. The van der Waals surface area contributed by atoms with Gasteiger partial charge in [0.2, 0.25) is 11.8 Å². The monoisotopic (exact) mass is 394 g/mol. The van der Waals surface area contributed by atoms with Gasteiger partial charge in [-0.15, -0.1) is 0 Å². The largest absolute Gasteiger partial charge is 0.342 e. The van der Waals surface area contributed by atoms with E-state index >= 15 is 0 Å². The van der Waals surface area contributed by atoms with Gasteiger partial charge in [0, 0.05) is 29.7 Å². The van der Waals surface area contributed by atoms with Crippen LogP contribution in [0.2, 0.25) is 0 Å². The van der Waals surface area contributed by atoms with E-state index in [1.165, 1.54) is 12.8 Å². The van der Waals surface area contributed by atoms with Crippen molar-refractivity contribution >= 4 is 33.6 Å². The molecule has 1 saturated heterocycles. The molecule has 1 aliphatic carbocycles. The molecule has 2 N–H and O–H groups in total. The molecule has 0 aromatic carbocycles. The SMILES string of the molecule is O=C(Nc1ccc(Br)cn1)C1CCN(C(=O)CNCC2CC2)CC1. The van der Waals surface area contributed by atoms with Crippen molar-refractivity contribution in [2.24, 2.45) is 11.8 Å². The van der Waals surface area contributed by atoms with Gasteiger partial charge in [-0.1, -0.05) is 0 Å². The summed E-state index contributed by atoms with van der Waals surface area (Å²) < 4.78 is 0.877. The van der Waals surface area contributed by atoms with E-state index in [0.717, 1.165) is 16.9 Å². The minimum Gasteiger partial charge on any atom is -0.342 e. The number of pyridine rings is 1. The molecule has 2 amide bonds. The summed E-state index contributed by atoms with van der Waals surface area (Å²) in [6.45, 7) is 2.66. The maximum absolute atomic E-state index is 12.3. The van der Waals surface area contributed by atoms with Crippen LogP contribution in [0.25, 0.3) is 0 Å². The highest BCUT2D eigenvalue weighted by molar-refractivity contribution is 9.10. The number of hydrogen-bond donors (Lipinski definition) is 2. The Morgan fingerprint density at radius 2 is 1.96 bits per heavy atom. The molecule has 1 aliphatic heterocycles. The number of piperidine rings is 1. The fraction of sp³-hybridized carbons (Fsp3) is 0.588. The Morgan fingerprint density at radius 3 is 2.58 bits per heavy atom. The second-order valence-electron chi connectivity index (χ2n) is 6.58. The van der Waals surface area contributed by atoms with Gasteiger partial charge in [0.1, 0.15) is 5.82 Å². The molecule has 6 nitrogen and oxygen atoms in total. The van der Waals surface area contributed by atoms with Crippen molar-refractivity contribution in [1.82, 2.24) is 15.2 Å². The molecule has 2 heterocycles. The summed E-state index contributed by atoms with van der Waals surface area (Å²) in [6.07, 6.45) is 5.64. The number of anilines is 1. The second-order valence-corrected chi connectivity index (χ2v) is 7.50. The van der Waals surface area contributed by atoms with Gasteiger partial charge < -0.3 is 15.5 Å². The number of rotatable bonds is 6. The van der Waals surface area contributed by atoms with Crippen LogP contribution >= 0.6 is 15.9 Å². The fourth-order valence-corrected chi connectivity index (χ4v) is 3.12. The molecule has 2 aliphatic rings. The lowest BCUT2D eigenvalue weighted by Crippen LogP contribution is -2.45. The quantitative estimate of drug-likeness (QED) is 0.773. The zero-order valence-corrected chi connectivity index (χ0v) is 15.2. The Hall–Kier alpha value is -1.47. The molecule has 0 unspecified atom stereocenters. The fourth-order valence-electron chi connectivity index (χ4n) is 2.89. The number of nitrogens with zero attached hydrogens (tertiary/aromatic N) is 2. The van der Waals surface area contributed by atoms with Crippen LogP contribution in [0, 0.1) is 11.8 Å². The molecule has 0 spiro atoms. The van der Waals surface area contributed by atoms with Crippen LogP contribution in [0.5, 0.6) is 0 Å². The number of nitrogens with one attached hydrogen (secondary N) is 2. The third-order valence-corrected chi connectivity index (χ3v) is 5.07. The highest BCUT2D eigenvalue weighted by Crippen LogP contribution is 2.27. The molecular formula is C17H23BrN4O2. The summed E-state index contributed by atoms with van der Waals surface area (Å²) in [6, 6.07) is 3.62. The van der Waals surface area contributed by atoms with Gasteiger partial charge in [-0.2, -0.15) is 0 Å². The highest BCUT2D eigenvalue weighted by Gasteiger charge is 2.28. The zero-order valence-electron chi connectivity index (χ0n) is 13.6. The summed E-state index contributed by atoms with van der Waals surface area (Å²) in [5, 5.41) is 6.08. The lowest BCUT2D eigenvalue weighted by atomic mass is 9.96. The van der Waals surface area contributed by atoms with Crippen molar-refractivity contribution in [1.29, 1.82) is 0 Å². The Morgan fingerprint density at radius 1 is 1.21 bits per heavy atom. The van der Waals surface area contributed by atoms with E-state index < -0.39 is 0 Å². The smallest absolute Gasteiger partial charge is 0.236 e. The summed E-state index contributed by atoms with van der Waals surface area (Å²) >= 11 is 3.32. The van der Waals surface area contributed by atoms with Gasteiger partial charge in [0.15, 0.2) is 0 Å². The average Bonchev–Trinajstić information content (AvgIpc) is 3.41. The summed E-state index contributed by atoms with van der Waals surface area (Å²) in [7, 11) is 0. The standard InChI is InChI=1S/C17H23BrN4O2/c18-14-3-4-15(20-10-14)21-17(24)13-5-7-22(8-6-13)16(23)11-19-9-12-1-2-12/h3-4,10,12-13,19H,1-2,5-9,11H2,(H,20,21,24). The molecule has 1 aromatic rings. The lowest BCUT2D eigenvalue weighted by molar-refractivity contribution is -0.133. The Bertz CT molecular complexity index is 581. The Labute approximate surface area is 150 Å². The van der Waals surface area contributed by atoms with E-state index in [9.17, 15) is 9.59 Å². The van der Waals surface area contributed by atoms with Crippen LogP contribution in [-0.2, 0) is 9.59 Å². The first-order chi connectivity index (χ1) is 11.6. The van der Waals surface area contributed by atoms with Crippen LogP contribution in [0.4, 0.5) is 5.82 Å². The predicted octanol–water partition coefficient (Wildman–Crippen LogP) is 2.02. The van der Waals surface area contributed by atoms with Gasteiger partial charge in [-0.25, -0.2) is 4.98 Å². The minimum absolute atomic E-state index is 0.0104. The molecular weight excluding hydrogens is 372 g/mol. The topological polar surface area (TPSA) is 74.3 Å². The molecule has 130 valence electrons. The molecule has 7 heteroatoms. The van der Waals surface area contributed by atoms with Gasteiger partial charge in [-0.05, 0) is 66.2 Å². The maximum Gasteiger partial charge on any atom is 0.236 e. The Kier molecular flexibility index (Phi) is 5.84. The van der Waals surface area contributed by atoms with Crippen molar-refractivity contribution < 1.29 is 9.59 Å². The van der Waals surface area contributed by atoms with Crippen LogP contribution in [0.3, 0.4) is 0 Å². The van der Waals surface area contributed by atoms with Gasteiger partial charge in [-0.3, -0.25) is 9.59 Å². The van der Waals surface area contributed by atoms with Gasteiger partial charge in [0.25, 0.3) is 0 Å². The van der Waals surface area contributed by atoms with Crippen LogP contribution in [-0.4, -0.2) is 47.9 Å². The van der Waals surface area contributed by atoms with Crippen LogP contribution in [0.1, 0.15) is 25.7 Å². The molecule has 24 heavy (non-hydrogen) atoms. The summed E-state index contributed by atoms with van der Waals surface area (Å²) in [4.78, 5) is 30.5. The van der Waals surface area contributed by atoms with E-state index in [1.807, 2.05) is 11.0 Å². The molecule has 0 atom stereocenters. The van der Waals surface area contributed by atoms with Crippen molar-refractivity contribution in [2.75, 3.05) is 31.5 Å². The van der Waals surface area contributed by atoms with Crippen LogP contribution < -0.4 is 10.6 Å². The maximum atomic E-state index is 12.3. The van der Waals surface area contributed by atoms with Crippen molar-refractivity contribution in [2.45, 2.75) is 25.7 Å². The average molecular weight is 395 g/mol. The minimum atomic E-state index is -0.0566. The number of hydrogen-bond acceptors (Lipinski definition) is 4. The van der Waals surface area contributed by atoms with Crippen molar-refractivity contribution in [3.63, 3.8) is 0 Å². The van der Waals surface area contributed by atoms with Crippen LogP contribution in [0.15, 0.2) is 22.8 Å². The van der Waals surface area contributed by atoms with E-state index in [2.05, 4.69) is 31.5 Å². The van der Waals surface area contributed by atoms with E-state index in [-0.39, 0.29) is 17.7 Å². The van der Waals surface area contributed by atoms with E-state index in [1.54, 1.807) is 12.3 Å². The van der Waals surface area contributed by atoms with Gasteiger partial charge >= 0.3 is 0 Å². The molecule has 0 radical (unpaired) electrons. The van der Waals surface area contributed by atoms with Crippen molar-refractivity contribution in [3.8, 4) is 0 Å². The number of aromatic nitrogens is 1. The molecule has 2 fully saturated rings. The first kappa shape index (κ1) is 17.4. The molecule has 1 saturated carbocycles. The molecule has 3 rings (SSSR count). The third-order valence-electron chi connectivity index (χ3n) is 4.60. The van der Waals surface area contributed by atoms with Gasteiger partial charge in [0.05, 0.1) is 6.54 Å². The number of carbonyl (C=O) groups excluding carboxylic acids is 2. The lowest BCUT2D eigenvalue weighted by Gasteiger charge is -2.31. The highest BCUT2D eigenvalue weighted by atomic mass is 79.9. The van der Waals surface area contributed by atoms with E-state index in [0.29, 0.717) is 38.3 Å².